The van der Waals surface area contributed by atoms with Gasteiger partial charge in [-0.05, 0) is 52.4 Å². The Bertz CT molecular complexity index is 828. The standard InChI is InChI=1S/C26H40N2O6/c1-7-9-10-15-33-24(32)20-19-22(30)28(13-11-14-29)21(23(31)27(12-8-2)17(3)4)26(19)16-18(5)25(20,6)34-26/h7-8,17-21,29H,1-2,9-16H2,3-6H3/t18?,19-,20+,21?,25-,26?/m0/s1. The molecule has 34 heavy (non-hydrogen) atoms. The number of hydrogen-bond donors (Lipinski definition) is 1. The Labute approximate surface area is 202 Å². The third-order valence-corrected chi connectivity index (χ3v) is 7.89. The van der Waals surface area contributed by atoms with Crippen LogP contribution in [-0.4, -0.2) is 82.3 Å². The average molecular weight is 477 g/mol. The molecule has 0 radical (unpaired) electrons. The topological polar surface area (TPSA) is 96.4 Å². The number of fused-ring (bicyclic) bond motifs is 1. The summed E-state index contributed by atoms with van der Waals surface area (Å²) in [4.78, 5) is 44.4. The number of amides is 2. The highest BCUT2D eigenvalue weighted by atomic mass is 16.6. The smallest absolute Gasteiger partial charge is 0.312 e. The summed E-state index contributed by atoms with van der Waals surface area (Å²) in [5.41, 5.74) is -1.99. The largest absolute Gasteiger partial charge is 0.465 e. The van der Waals surface area contributed by atoms with Crippen molar-refractivity contribution in [2.45, 2.75) is 76.7 Å². The molecule has 3 unspecified atom stereocenters. The SMILES string of the molecule is C=CCCCOC(=O)[C@H]1[C@H]2C(=O)N(CCCO)C(C(=O)N(CC=C)C(C)C)C23CC(C)[C@]1(C)O3. The predicted molar refractivity (Wildman–Crippen MR) is 128 cm³/mol. The van der Waals surface area contributed by atoms with E-state index in [9.17, 15) is 19.5 Å². The van der Waals surface area contributed by atoms with Crippen molar-refractivity contribution in [3.8, 4) is 0 Å². The summed E-state index contributed by atoms with van der Waals surface area (Å²) in [6, 6.07) is -0.963. The molecule has 1 N–H and O–H groups in total. The van der Waals surface area contributed by atoms with E-state index in [-0.39, 0.29) is 43.5 Å². The minimum atomic E-state index is -1.10. The monoisotopic (exact) mass is 476 g/mol. The number of unbranched alkanes of at least 4 members (excludes halogenated alkanes) is 1. The Morgan fingerprint density at radius 2 is 2.03 bits per heavy atom. The average Bonchev–Trinajstić information content (AvgIpc) is 3.29. The van der Waals surface area contributed by atoms with Crippen molar-refractivity contribution in [1.82, 2.24) is 9.80 Å². The van der Waals surface area contributed by atoms with E-state index in [1.807, 2.05) is 27.7 Å². The normalized spacial score (nSPS) is 33.8. The lowest BCUT2D eigenvalue weighted by Crippen LogP contribution is -2.57. The zero-order chi connectivity index (χ0) is 25.3. The van der Waals surface area contributed by atoms with Crippen LogP contribution in [0.25, 0.3) is 0 Å². The number of ether oxygens (including phenoxy) is 2. The van der Waals surface area contributed by atoms with Gasteiger partial charge in [0.15, 0.2) is 0 Å². The molecule has 0 aromatic rings. The Hall–Kier alpha value is -2.19. The second kappa shape index (κ2) is 10.2. The van der Waals surface area contributed by atoms with Gasteiger partial charge in [-0.3, -0.25) is 14.4 Å². The van der Waals surface area contributed by atoms with Crippen LogP contribution in [0.3, 0.4) is 0 Å². The highest BCUT2D eigenvalue weighted by molar-refractivity contribution is 5.98. The number of likely N-dealkylation sites (tertiary alicyclic amines) is 1. The molecule has 3 fully saturated rings. The zero-order valence-corrected chi connectivity index (χ0v) is 21.0. The molecule has 3 rings (SSSR count). The first-order chi connectivity index (χ1) is 16.1. The molecular weight excluding hydrogens is 436 g/mol. The van der Waals surface area contributed by atoms with Crippen LogP contribution < -0.4 is 0 Å². The highest BCUT2D eigenvalue weighted by Crippen LogP contribution is 2.65. The molecule has 8 nitrogen and oxygen atoms in total. The first-order valence-electron chi connectivity index (χ1n) is 12.4. The Kier molecular flexibility index (Phi) is 7.92. The lowest BCUT2D eigenvalue weighted by atomic mass is 9.62. The number of aliphatic hydroxyl groups excluding tert-OH is 1. The van der Waals surface area contributed by atoms with Gasteiger partial charge in [-0.15, -0.1) is 13.2 Å². The number of aliphatic hydroxyl groups is 1. The van der Waals surface area contributed by atoms with Gasteiger partial charge in [-0.25, -0.2) is 0 Å². The van der Waals surface area contributed by atoms with Crippen molar-refractivity contribution in [1.29, 1.82) is 0 Å². The third-order valence-electron chi connectivity index (χ3n) is 7.89. The van der Waals surface area contributed by atoms with Crippen molar-refractivity contribution in [3.63, 3.8) is 0 Å². The Balaban J connectivity index is 2.02. The van der Waals surface area contributed by atoms with Crippen LogP contribution in [0, 0.1) is 17.8 Å². The molecule has 3 aliphatic heterocycles. The van der Waals surface area contributed by atoms with E-state index in [4.69, 9.17) is 9.47 Å². The molecular formula is C26H40N2O6. The highest BCUT2D eigenvalue weighted by Gasteiger charge is 2.80. The molecule has 0 aromatic carbocycles. The predicted octanol–water partition coefficient (Wildman–Crippen LogP) is 2.31. The Morgan fingerprint density at radius 3 is 2.62 bits per heavy atom. The molecule has 190 valence electrons. The minimum Gasteiger partial charge on any atom is -0.465 e. The van der Waals surface area contributed by atoms with E-state index < -0.39 is 35.0 Å². The Morgan fingerprint density at radius 1 is 1.32 bits per heavy atom. The molecule has 2 amide bonds. The number of allylic oxidation sites excluding steroid dienone is 1. The summed E-state index contributed by atoms with van der Waals surface area (Å²) in [5, 5.41) is 9.46. The van der Waals surface area contributed by atoms with Gasteiger partial charge < -0.3 is 24.4 Å². The van der Waals surface area contributed by atoms with E-state index in [2.05, 4.69) is 13.2 Å². The van der Waals surface area contributed by atoms with Gasteiger partial charge in [0.05, 0.1) is 18.1 Å². The first kappa shape index (κ1) is 26.4. The second-order valence-electron chi connectivity index (χ2n) is 10.3. The van der Waals surface area contributed by atoms with Gasteiger partial charge >= 0.3 is 5.97 Å². The van der Waals surface area contributed by atoms with Crippen molar-refractivity contribution >= 4 is 17.8 Å². The quantitative estimate of drug-likeness (QED) is 0.264. The van der Waals surface area contributed by atoms with Gasteiger partial charge in [0.2, 0.25) is 11.8 Å². The maximum absolute atomic E-state index is 14.0. The number of rotatable bonds is 12. The van der Waals surface area contributed by atoms with Crippen LogP contribution in [-0.2, 0) is 23.9 Å². The van der Waals surface area contributed by atoms with Crippen LogP contribution in [0.2, 0.25) is 0 Å². The minimum absolute atomic E-state index is 0.0396. The van der Waals surface area contributed by atoms with Gasteiger partial charge in [-0.2, -0.15) is 0 Å². The van der Waals surface area contributed by atoms with E-state index >= 15 is 0 Å². The van der Waals surface area contributed by atoms with Gasteiger partial charge in [0, 0.05) is 25.7 Å². The fourth-order valence-corrected chi connectivity index (χ4v) is 6.20. The van der Waals surface area contributed by atoms with E-state index in [1.54, 1.807) is 17.1 Å². The second-order valence-corrected chi connectivity index (χ2v) is 10.3. The third kappa shape index (κ3) is 4.09. The number of carbonyl (C=O) groups excluding carboxylic acids is 3. The molecule has 3 heterocycles. The summed E-state index contributed by atoms with van der Waals surface area (Å²) in [6.45, 7) is 15.9. The fraction of sp³-hybridized carbons (Fsp3) is 0.731. The van der Waals surface area contributed by atoms with Crippen molar-refractivity contribution in [2.75, 3.05) is 26.3 Å². The summed E-state index contributed by atoms with van der Waals surface area (Å²) in [6.07, 6.45) is 5.67. The maximum atomic E-state index is 14.0. The van der Waals surface area contributed by atoms with Crippen LogP contribution in [0.5, 0.6) is 0 Å². The van der Waals surface area contributed by atoms with Gasteiger partial charge in [0.1, 0.15) is 17.6 Å². The van der Waals surface area contributed by atoms with Crippen LogP contribution in [0.4, 0.5) is 0 Å². The number of esters is 1. The summed E-state index contributed by atoms with van der Waals surface area (Å²) >= 11 is 0. The number of hydrogen-bond acceptors (Lipinski definition) is 6. The molecule has 8 heteroatoms. The summed E-state index contributed by atoms with van der Waals surface area (Å²) < 4.78 is 12.2. The van der Waals surface area contributed by atoms with Crippen molar-refractivity contribution in [3.05, 3.63) is 25.3 Å². The van der Waals surface area contributed by atoms with E-state index in [1.165, 1.54) is 4.90 Å². The van der Waals surface area contributed by atoms with Crippen LogP contribution >= 0.6 is 0 Å². The van der Waals surface area contributed by atoms with Crippen LogP contribution in [0.15, 0.2) is 25.3 Å². The van der Waals surface area contributed by atoms with Crippen LogP contribution in [0.1, 0.15) is 53.4 Å². The van der Waals surface area contributed by atoms with E-state index in [0.717, 1.165) is 6.42 Å². The molecule has 2 bridgehead atoms. The molecule has 3 aliphatic rings. The molecule has 0 aromatic heterocycles. The van der Waals surface area contributed by atoms with Crippen molar-refractivity contribution < 1.29 is 29.0 Å². The molecule has 0 aliphatic carbocycles. The summed E-state index contributed by atoms with van der Waals surface area (Å²) in [5.74, 6) is -2.53. The lowest BCUT2D eigenvalue weighted by Gasteiger charge is -2.38. The molecule has 6 atom stereocenters. The van der Waals surface area contributed by atoms with Gasteiger partial charge in [0.25, 0.3) is 0 Å². The first-order valence-corrected chi connectivity index (χ1v) is 12.4. The number of carbonyl (C=O) groups is 3. The maximum Gasteiger partial charge on any atom is 0.312 e. The molecule has 3 saturated heterocycles. The molecule has 1 spiro atoms. The molecule has 0 saturated carbocycles. The summed E-state index contributed by atoms with van der Waals surface area (Å²) in [7, 11) is 0. The van der Waals surface area contributed by atoms with Crippen molar-refractivity contribution in [2.24, 2.45) is 17.8 Å². The number of nitrogens with zero attached hydrogens (tertiary/aromatic N) is 2. The zero-order valence-electron chi connectivity index (χ0n) is 21.0. The lowest BCUT2D eigenvalue weighted by molar-refractivity contribution is -0.162. The van der Waals surface area contributed by atoms with E-state index in [0.29, 0.717) is 25.8 Å². The fourth-order valence-electron chi connectivity index (χ4n) is 6.20. The van der Waals surface area contributed by atoms with Gasteiger partial charge in [-0.1, -0.05) is 19.1 Å².